The molecule has 0 amide bonds. The highest BCUT2D eigenvalue weighted by Gasteiger charge is 2.14. The topological polar surface area (TPSA) is 69.4 Å². The summed E-state index contributed by atoms with van der Waals surface area (Å²) >= 11 is 5.76. The normalized spacial score (nSPS) is 10.1. The van der Waals surface area contributed by atoms with Gasteiger partial charge in [0, 0.05) is 23.6 Å². The fourth-order valence-corrected chi connectivity index (χ4v) is 1.57. The zero-order chi connectivity index (χ0) is 13.5. The van der Waals surface area contributed by atoms with E-state index in [4.69, 9.17) is 16.3 Å². The number of ether oxygens (including phenoxy) is 1. The van der Waals surface area contributed by atoms with E-state index >= 15 is 0 Å². The molecule has 0 unspecified atom stereocenters. The summed E-state index contributed by atoms with van der Waals surface area (Å²) < 4.78 is 5.32. The fraction of sp³-hybridized carbons (Fsp3) is 0.417. The van der Waals surface area contributed by atoms with Gasteiger partial charge in [0.25, 0.3) is 0 Å². The van der Waals surface area contributed by atoms with Gasteiger partial charge in [-0.05, 0) is 25.8 Å². The lowest BCUT2D eigenvalue weighted by atomic mass is 10.2. The molecule has 6 heteroatoms. The predicted molar refractivity (Wildman–Crippen MR) is 68.1 cm³/mol. The van der Waals surface area contributed by atoms with Crippen LogP contribution in [0.5, 0.6) is 5.75 Å². The highest BCUT2D eigenvalue weighted by molar-refractivity contribution is 6.30. The summed E-state index contributed by atoms with van der Waals surface area (Å²) in [5, 5.41) is 11.1. The Morgan fingerprint density at radius 3 is 2.78 bits per heavy atom. The first kappa shape index (κ1) is 14.4. The number of unbranched alkanes of at least 4 members (excludes halogenated alkanes) is 1. The van der Waals surface area contributed by atoms with Gasteiger partial charge in [-0.15, -0.1) is 0 Å². The average molecular weight is 272 g/mol. The number of hydrogen-bond acceptors (Lipinski definition) is 4. The molecule has 0 radical (unpaired) electrons. The Morgan fingerprint density at radius 1 is 1.44 bits per heavy atom. The lowest BCUT2D eigenvalue weighted by Crippen LogP contribution is -2.01. The Labute approximate surface area is 110 Å². The van der Waals surface area contributed by atoms with E-state index in [0.717, 1.165) is 0 Å². The van der Waals surface area contributed by atoms with Crippen LogP contribution in [-0.2, 0) is 4.79 Å². The minimum absolute atomic E-state index is 0.106. The van der Waals surface area contributed by atoms with Crippen LogP contribution in [0.1, 0.15) is 26.2 Å². The first-order valence-electron chi connectivity index (χ1n) is 5.57. The van der Waals surface area contributed by atoms with Gasteiger partial charge < -0.3 is 9.53 Å². The molecule has 0 saturated heterocycles. The molecule has 0 aliphatic rings. The minimum Gasteiger partial charge on any atom is -0.487 e. The van der Waals surface area contributed by atoms with E-state index in [-0.39, 0.29) is 17.2 Å². The van der Waals surface area contributed by atoms with Crippen LogP contribution < -0.4 is 4.74 Å². The number of nitro groups is 1. The van der Waals surface area contributed by atoms with Crippen molar-refractivity contribution in [3.8, 4) is 5.75 Å². The first-order valence-corrected chi connectivity index (χ1v) is 5.94. The second-order valence-corrected chi connectivity index (χ2v) is 4.31. The van der Waals surface area contributed by atoms with Crippen LogP contribution in [0.25, 0.3) is 0 Å². The third-order valence-electron chi connectivity index (χ3n) is 2.30. The van der Waals surface area contributed by atoms with Gasteiger partial charge in [-0.2, -0.15) is 0 Å². The molecular formula is C12H14ClNO4. The number of rotatable bonds is 7. The van der Waals surface area contributed by atoms with E-state index in [0.29, 0.717) is 30.9 Å². The number of carbonyl (C=O) groups excluding carboxylic acids is 1. The summed E-state index contributed by atoms with van der Waals surface area (Å²) in [5.41, 5.74) is -0.106. The van der Waals surface area contributed by atoms with Gasteiger partial charge in [0.05, 0.1) is 11.5 Å². The smallest absolute Gasteiger partial charge is 0.311 e. The predicted octanol–water partition coefficient (Wildman–Crippen LogP) is 3.39. The molecule has 1 aromatic carbocycles. The summed E-state index contributed by atoms with van der Waals surface area (Å²) in [6.07, 6.45) is 1.88. The molecule has 0 saturated carbocycles. The largest absolute Gasteiger partial charge is 0.487 e. The van der Waals surface area contributed by atoms with Crippen LogP contribution in [-0.4, -0.2) is 17.3 Å². The van der Waals surface area contributed by atoms with Crippen molar-refractivity contribution >= 4 is 23.1 Å². The zero-order valence-electron chi connectivity index (χ0n) is 10.0. The monoisotopic (exact) mass is 271 g/mol. The van der Waals surface area contributed by atoms with Crippen molar-refractivity contribution < 1.29 is 14.5 Å². The maximum atomic E-state index is 10.7. The van der Waals surface area contributed by atoms with E-state index in [1.807, 2.05) is 0 Å². The average Bonchev–Trinajstić information content (AvgIpc) is 2.27. The SMILES string of the molecule is CC(=O)CCCCOc1cc(Cl)ccc1[N+](=O)[O-]. The highest BCUT2D eigenvalue weighted by atomic mass is 35.5. The molecule has 0 N–H and O–H groups in total. The molecule has 0 bridgehead atoms. The van der Waals surface area contributed by atoms with Gasteiger partial charge >= 0.3 is 5.69 Å². The van der Waals surface area contributed by atoms with Crippen molar-refractivity contribution in [2.24, 2.45) is 0 Å². The number of nitro benzene ring substituents is 1. The lowest BCUT2D eigenvalue weighted by molar-refractivity contribution is -0.385. The van der Waals surface area contributed by atoms with E-state index in [2.05, 4.69) is 0 Å². The molecule has 1 rings (SSSR count). The molecule has 5 nitrogen and oxygen atoms in total. The van der Waals surface area contributed by atoms with Gasteiger partial charge in [0.15, 0.2) is 5.75 Å². The molecular weight excluding hydrogens is 258 g/mol. The molecule has 0 aliphatic heterocycles. The summed E-state index contributed by atoms with van der Waals surface area (Å²) in [6.45, 7) is 1.86. The second kappa shape index (κ2) is 6.96. The number of ketones is 1. The number of Topliss-reactive ketones (excluding diaryl/α,β-unsaturated/α-hetero) is 1. The Kier molecular flexibility index (Phi) is 5.58. The van der Waals surface area contributed by atoms with Crippen molar-refractivity contribution in [2.45, 2.75) is 26.2 Å². The molecule has 18 heavy (non-hydrogen) atoms. The number of benzene rings is 1. The maximum absolute atomic E-state index is 10.7. The standard InChI is InChI=1S/C12H14ClNO4/c1-9(15)4-2-3-7-18-12-8-10(13)5-6-11(12)14(16)17/h5-6,8H,2-4,7H2,1H3. The maximum Gasteiger partial charge on any atom is 0.311 e. The van der Waals surface area contributed by atoms with Gasteiger partial charge in [-0.1, -0.05) is 11.6 Å². The van der Waals surface area contributed by atoms with Crippen LogP contribution >= 0.6 is 11.6 Å². The van der Waals surface area contributed by atoms with E-state index in [1.165, 1.54) is 25.1 Å². The Balaban J connectivity index is 2.53. The third-order valence-corrected chi connectivity index (χ3v) is 2.53. The van der Waals surface area contributed by atoms with Crippen molar-refractivity contribution in [3.05, 3.63) is 33.3 Å². The summed E-state index contributed by atoms with van der Waals surface area (Å²) in [7, 11) is 0. The molecule has 0 spiro atoms. The van der Waals surface area contributed by atoms with Gasteiger partial charge in [-0.25, -0.2) is 0 Å². The van der Waals surface area contributed by atoms with Gasteiger partial charge in [0.2, 0.25) is 0 Å². The van der Waals surface area contributed by atoms with Crippen molar-refractivity contribution in [3.63, 3.8) is 0 Å². The van der Waals surface area contributed by atoms with Gasteiger partial charge in [-0.3, -0.25) is 10.1 Å². The highest BCUT2D eigenvalue weighted by Crippen LogP contribution is 2.29. The third kappa shape index (κ3) is 4.71. The summed E-state index contributed by atoms with van der Waals surface area (Å²) in [4.78, 5) is 21.0. The first-order chi connectivity index (χ1) is 8.50. The zero-order valence-corrected chi connectivity index (χ0v) is 10.8. The fourth-order valence-electron chi connectivity index (χ4n) is 1.41. The Morgan fingerprint density at radius 2 is 2.17 bits per heavy atom. The number of halogens is 1. The summed E-state index contributed by atoms with van der Waals surface area (Å²) in [6, 6.07) is 4.18. The van der Waals surface area contributed by atoms with E-state index in [1.54, 1.807) is 0 Å². The van der Waals surface area contributed by atoms with E-state index < -0.39 is 4.92 Å². The molecule has 0 aromatic heterocycles. The number of hydrogen-bond donors (Lipinski definition) is 0. The Bertz CT molecular complexity index is 448. The van der Waals surface area contributed by atoms with Crippen molar-refractivity contribution in [2.75, 3.05) is 6.61 Å². The van der Waals surface area contributed by atoms with E-state index in [9.17, 15) is 14.9 Å². The van der Waals surface area contributed by atoms with Crippen LogP contribution in [0.2, 0.25) is 5.02 Å². The Hall–Kier alpha value is -1.62. The quantitative estimate of drug-likeness (QED) is 0.433. The van der Waals surface area contributed by atoms with Crippen LogP contribution in [0.15, 0.2) is 18.2 Å². The molecule has 0 aliphatic carbocycles. The van der Waals surface area contributed by atoms with Crippen LogP contribution in [0, 0.1) is 10.1 Å². The summed E-state index contributed by atoms with van der Waals surface area (Å²) in [5.74, 6) is 0.291. The number of nitrogens with zero attached hydrogens (tertiary/aromatic N) is 1. The molecule has 0 atom stereocenters. The minimum atomic E-state index is -0.513. The van der Waals surface area contributed by atoms with Crippen LogP contribution in [0.4, 0.5) is 5.69 Å². The molecule has 0 fully saturated rings. The molecule has 1 aromatic rings. The molecule has 98 valence electrons. The second-order valence-electron chi connectivity index (χ2n) is 3.88. The van der Waals surface area contributed by atoms with Gasteiger partial charge in [0.1, 0.15) is 5.78 Å². The van der Waals surface area contributed by atoms with Crippen molar-refractivity contribution in [1.29, 1.82) is 0 Å². The number of carbonyl (C=O) groups is 1. The van der Waals surface area contributed by atoms with Crippen LogP contribution in [0.3, 0.4) is 0 Å². The van der Waals surface area contributed by atoms with Crippen molar-refractivity contribution in [1.82, 2.24) is 0 Å². The lowest BCUT2D eigenvalue weighted by Gasteiger charge is -2.06. The molecule has 0 heterocycles.